The van der Waals surface area contributed by atoms with Crippen LogP contribution in [0.3, 0.4) is 0 Å². The fourth-order valence-corrected chi connectivity index (χ4v) is 3.54. The lowest BCUT2D eigenvalue weighted by atomic mass is 9.66. The van der Waals surface area contributed by atoms with Crippen molar-refractivity contribution in [2.24, 2.45) is 0 Å². The Hall–Kier alpha value is -2.33. The Morgan fingerprint density at radius 1 is 1.00 bits per heavy atom. The lowest BCUT2D eigenvalue weighted by Gasteiger charge is -2.38. The van der Waals surface area contributed by atoms with Gasteiger partial charge in [0.05, 0.1) is 19.6 Å². The van der Waals surface area contributed by atoms with Gasteiger partial charge in [-0.3, -0.25) is 4.79 Å². The zero-order chi connectivity index (χ0) is 20.0. The molecule has 0 aliphatic rings. The number of hydrogen-bond acceptors (Lipinski definition) is 4. The van der Waals surface area contributed by atoms with Crippen molar-refractivity contribution in [2.45, 2.75) is 38.1 Å². The molecular formula is C23H31NO3. The van der Waals surface area contributed by atoms with Crippen molar-refractivity contribution in [3.05, 3.63) is 59.7 Å². The van der Waals surface area contributed by atoms with Gasteiger partial charge in [0.1, 0.15) is 17.3 Å². The first kappa shape index (κ1) is 21.0. The third-order valence-electron chi connectivity index (χ3n) is 5.41. The summed E-state index contributed by atoms with van der Waals surface area (Å²) in [5.74, 6) is 1.69. The van der Waals surface area contributed by atoms with Gasteiger partial charge in [0.2, 0.25) is 0 Å². The SMILES string of the molecule is CCC(=O)C(C[C@H](C)N(C)C)(c1cccc(OC)c1)c1cccc(OC)c1. The van der Waals surface area contributed by atoms with E-state index in [9.17, 15) is 4.79 Å². The average molecular weight is 370 g/mol. The van der Waals surface area contributed by atoms with Crippen molar-refractivity contribution >= 4 is 5.78 Å². The van der Waals surface area contributed by atoms with E-state index in [1.54, 1.807) is 14.2 Å². The summed E-state index contributed by atoms with van der Waals surface area (Å²) in [5.41, 5.74) is 1.15. The summed E-state index contributed by atoms with van der Waals surface area (Å²) in [7, 11) is 7.39. The van der Waals surface area contributed by atoms with Gasteiger partial charge in [-0.2, -0.15) is 0 Å². The Kier molecular flexibility index (Phi) is 7.03. The van der Waals surface area contributed by atoms with E-state index in [-0.39, 0.29) is 11.8 Å². The highest BCUT2D eigenvalue weighted by Crippen LogP contribution is 2.41. The van der Waals surface area contributed by atoms with Crippen LogP contribution in [0, 0.1) is 0 Å². The van der Waals surface area contributed by atoms with E-state index in [1.165, 1.54) is 0 Å². The lowest BCUT2D eigenvalue weighted by molar-refractivity contribution is -0.123. The van der Waals surface area contributed by atoms with E-state index >= 15 is 0 Å². The van der Waals surface area contributed by atoms with Crippen molar-refractivity contribution in [3.63, 3.8) is 0 Å². The highest BCUT2D eigenvalue weighted by atomic mass is 16.5. The van der Waals surface area contributed by atoms with Crippen LogP contribution in [0.15, 0.2) is 48.5 Å². The van der Waals surface area contributed by atoms with Gasteiger partial charge in [-0.05, 0) is 62.8 Å². The van der Waals surface area contributed by atoms with Crippen molar-refractivity contribution in [3.8, 4) is 11.5 Å². The molecule has 0 fully saturated rings. The van der Waals surface area contributed by atoms with Crippen LogP contribution in [0.4, 0.5) is 0 Å². The summed E-state index contributed by atoms with van der Waals surface area (Å²) >= 11 is 0. The van der Waals surface area contributed by atoms with Crippen molar-refractivity contribution in [1.82, 2.24) is 4.90 Å². The highest BCUT2D eigenvalue weighted by Gasteiger charge is 2.42. The Morgan fingerprint density at radius 2 is 1.48 bits per heavy atom. The number of carbonyl (C=O) groups is 1. The number of ether oxygens (including phenoxy) is 2. The molecule has 0 aliphatic heterocycles. The first-order valence-corrected chi connectivity index (χ1v) is 9.37. The molecule has 0 saturated carbocycles. The summed E-state index contributed by atoms with van der Waals surface area (Å²) in [6.07, 6.45) is 1.13. The van der Waals surface area contributed by atoms with Gasteiger partial charge < -0.3 is 14.4 Å². The first-order chi connectivity index (χ1) is 12.9. The molecule has 0 amide bonds. The van der Waals surface area contributed by atoms with E-state index in [0.29, 0.717) is 12.8 Å². The molecule has 0 N–H and O–H groups in total. The van der Waals surface area contributed by atoms with Crippen LogP contribution in [-0.4, -0.2) is 45.0 Å². The van der Waals surface area contributed by atoms with Crippen molar-refractivity contribution in [1.29, 1.82) is 0 Å². The van der Waals surface area contributed by atoms with Gasteiger partial charge in [-0.25, -0.2) is 0 Å². The third-order valence-corrected chi connectivity index (χ3v) is 5.41. The fraction of sp³-hybridized carbons (Fsp3) is 0.435. The molecule has 27 heavy (non-hydrogen) atoms. The Labute approximate surface area is 163 Å². The van der Waals surface area contributed by atoms with E-state index < -0.39 is 5.41 Å². The maximum absolute atomic E-state index is 13.5. The molecule has 0 radical (unpaired) electrons. The molecule has 0 bridgehead atoms. The molecule has 2 rings (SSSR count). The summed E-state index contributed by atoms with van der Waals surface area (Å²) in [6.45, 7) is 4.08. The number of rotatable bonds is 9. The monoisotopic (exact) mass is 369 g/mol. The second kappa shape index (κ2) is 9.05. The van der Waals surface area contributed by atoms with Gasteiger partial charge in [-0.1, -0.05) is 31.2 Å². The number of methoxy groups -OCH3 is 2. The molecule has 0 spiro atoms. The lowest BCUT2D eigenvalue weighted by Crippen LogP contribution is -2.43. The molecule has 4 heteroatoms. The summed E-state index contributed by atoms with van der Waals surface area (Å²) in [4.78, 5) is 15.6. The predicted octanol–water partition coefficient (Wildman–Crippen LogP) is 4.31. The number of hydrogen-bond donors (Lipinski definition) is 0. The minimum atomic E-state index is -0.762. The van der Waals surface area contributed by atoms with E-state index in [1.807, 2.05) is 69.6 Å². The Morgan fingerprint density at radius 3 is 1.85 bits per heavy atom. The van der Waals surface area contributed by atoms with Crippen LogP contribution >= 0.6 is 0 Å². The van der Waals surface area contributed by atoms with Crippen molar-refractivity contribution in [2.75, 3.05) is 28.3 Å². The fourth-order valence-electron chi connectivity index (χ4n) is 3.54. The van der Waals surface area contributed by atoms with Crippen LogP contribution in [0.1, 0.15) is 37.8 Å². The molecule has 0 saturated heterocycles. The average Bonchev–Trinajstić information content (AvgIpc) is 2.71. The molecule has 2 aromatic carbocycles. The van der Waals surface area contributed by atoms with Gasteiger partial charge in [0.25, 0.3) is 0 Å². The summed E-state index contributed by atoms with van der Waals surface area (Å²) < 4.78 is 10.9. The maximum atomic E-state index is 13.5. The highest BCUT2D eigenvalue weighted by molar-refractivity contribution is 5.94. The second-order valence-corrected chi connectivity index (χ2v) is 7.16. The number of nitrogens with zero attached hydrogens (tertiary/aromatic N) is 1. The van der Waals surface area contributed by atoms with Gasteiger partial charge in [-0.15, -0.1) is 0 Å². The van der Waals surface area contributed by atoms with E-state index in [0.717, 1.165) is 22.6 Å². The second-order valence-electron chi connectivity index (χ2n) is 7.16. The number of ketones is 1. The van der Waals surface area contributed by atoms with Crippen LogP contribution in [0.5, 0.6) is 11.5 Å². The zero-order valence-electron chi connectivity index (χ0n) is 17.3. The number of Topliss-reactive ketones (excluding diaryl/α,β-unsaturated/α-hetero) is 1. The predicted molar refractivity (Wildman–Crippen MR) is 110 cm³/mol. The maximum Gasteiger partial charge on any atom is 0.147 e. The Bertz CT molecular complexity index is 722. The van der Waals surface area contributed by atoms with Gasteiger partial charge in [0, 0.05) is 12.5 Å². The minimum absolute atomic E-state index is 0.192. The van der Waals surface area contributed by atoms with Crippen molar-refractivity contribution < 1.29 is 14.3 Å². The number of benzene rings is 2. The molecule has 146 valence electrons. The van der Waals surface area contributed by atoms with Crippen LogP contribution in [0.2, 0.25) is 0 Å². The largest absolute Gasteiger partial charge is 0.497 e. The first-order valence-electron chi connectivity index (χ1n) is 9.37. The van der Waals surface area contributed by atoms with Gasteiger partial charge >= 0.3 is 0 Å². The standard InChI is InChI=1S/C23H31NO3/c1-7-22(25)23(16-17(2)24(3)4,18-10-8-12-20(14-18)26-5)19-11-9-13-21(15-19)27-6/h8-15,17H,7,16H2,1-6H3/t17-/m0/s1. The minimum Gasteiger partial charge on any atom is -0.497 e. The normalized spacial score (nSPS) is 12.7. The topological polar surface area (TPSA) is 38.8 Å². The molecule has 0 aromatic heterocycles. The molecule has 0 heterocycles. The third kappa shape index (κ3) is 4.33. The summed E-state index contributed by atoms with van der Waals surface area (Å²) in [5, 5.41) is 0. The molecule has 1 atom stereocenters. The summed E-state index contributed by atoms with van der Waals surface area (Å²) in [6, 6.07) is 15.9. The van der Waals surface area contributed by atoms with Crippen LogP contribution < -0.4 is 9.47 Å². The molecule has 4 nitrogen and oxygen atoms in total. The number of carbonyl (C=O) groups excluding carboxylic acids is 1. The molecular weight excluding hydrogens is 338 g/mol. The van der Waals surface area contributed by atoms with E-state index in [4.69, 9.17) is 9.47 Å². The molecule has 0 aliphatic carbocycles. The molecule has 2 aromatic rings. The smallest absolute Gasteiger partial charge is 0.147 e. The van der Waals surface area contributed by atoms with E-state index in [2.05, 4.69) is 11.8 Å². The van der Waals surface area contributed by atoms with Crippen LogP contribution in [0.25, 0.3) is 0 Å². The Balaban J connectivity index is 2.77. The van der Waals surface area contributed by atoms with Crippen LogP contribution in [-0.2, 0) is 10.2 Å². The van der Waals surface area contributed by atoms with Gasteiger partial charge in [0.15, 0.2) is 0 Å². The molecule has 0 unspecified atom stereocenters. The quantitative estimate of drug-likeness (QED) is 0.660. The zero-order valence-corrected chi connectivity index (χ0v) is 17.3.